The van der Waals surface area contributed by atoms with Crippen molar-refractivity contribution >= 4 is 5.78 Å². The van der Waals surface area contributed by atoms with E-state index in [0.717, 1.165) is 12.1 Å². The zero-order valence-electron chi connectivity index (χ0n) is 10.6. The summed E-state index contributed by atoms with van der Waals surface area (Å²) in [7, 11) is 0. The molecule has 0 radical (unpaired) electrons. The maximum absolute atomic E-state index is 13.2. The van der Waals surface area contributed by atoms with Crippen molar-refractivity contribution in [1.82, 2.24) is 0 Å². The average molecular weight is 278 g/mol. The number of rotatable bonds is 5. The van der Waals surface area contributed by atoms with Gasteiger partial charge in [-0.3, -0.25) is 4.79 Å². The van der Waals surface area contributed by atoms with Crippen LogP contribution in [0.2, 0.25) is 0 Å². The lowest BCUT2D eigenvalue weighted by Crippen LogP contribution is -2.15. The Morgan fingerprint density at radius 2 is 1.95 bits per heavy atom. The maximum Gasteiger partial charge on any atom is 0.416 e. The van der Waals surface area contributed by atoms with Gasteiger partial charge in [-0.05, 0) is 37.1 Å². The smallest absolute Gasteiger partial charge is 0.366 e. The molecule has 0 aromatic heterocycles. The van der Waals surface area contributed by atoms with Crippen LogP contribution in [-0.2, 0) is 15.7 Å². The highest BCUT2D eigenvalue weighted by molar-refractivity contribution is 5.82. The first-order valence-corrected chi connectivity index (χ1v) is 5.75. The molecule has 0 heterocycles. The van der Waals surface area contributed by atoms with Crippen molar-refractivity contribution in [2.24, 2.45) is 0 Å². The molecule has 0 bridgehead atoms. The number of alkyl halides is 3. The standard InChI is InChI=1S/C13H14F4O2/c1-3-4-19-12(8(2)18)9-5-10(13(15,16)17)7-11(14)6-9/h5-7,12H,3-4H2,1-2H3. The number of carbonyl (C=O) groups is 1. The number of carbonyl (C=O) groups excluding carboxylic acids is 1. The van der Waals surface area contributed by atoms with E-state index in [0.29, 0.717) is 12.5 Å². The first kappa shape index (κ1) is 15.6. The van der Waals surface area contributed by atoms with Crippen molar-refractivity contribution in [2.75, 3.05) is 6.61 Å². The minimum Gasteiger partial charge on any atom is -0.366 e. The fraction of sp³-hybridized carbons (Fsp3) is 0.462. The summed E-state index contributed by atoms with van der Waals surface area (Å²) in [6, 6.07) is 2.02. The van der Waals surface area contributed by atoms with Crippen molar-refractivity contribution in [3.63, 3.8) is 0 Å². The zero-order chi connectivity index (χ0) is 14.6. The normalized spacial score (nSPS) is 13.4. The summed E-state index contributed by atoms with van der Waals surface area (Å²) >= 11 is 0. The Balaban J connectivity index is 3.16. The van der Waals surface area contributed by atoms with E-state index in [1.54, 1.807) is 6.92 Å². The molecule has 19 heavy (non-hydrogen) atoms. The lowest BCUT2D eigenvalue weighted by Gasteiger charge is -2.17. The number of Topliss-reactive ketones (excluding diaryl/α,β-unsaturated/α-hetero) is 1. The highest BCUT2D eigenvalue weighted by Crippen LogP contribution is 2.32. The summed E-state index contributed by atoms with van der Waals surface area (Å²) in [6.45, 7) is 3.20. The molecule has 0 saturated carbocycles. The molecule has 0 aliphatic heterocycles. The van der Waals surface area contributed by atoms with Gasteiger partial charge in [-0.25, -0.2) is 4.39 Å². The van der Waals surface area contributed by atoms with E-state index in [1.165, 1.54) is 6.92 Å². The second-order valence-corrected chi connectivity index (χ2v) is 4.13. The molecule has 6 heteroatoms. The topological polar surface area (TPSA) is 26.3 Å². The summed E-state index contributed by atoms with van der Waals surface area (Å²) in [6.07, 6.45) is -5.23. The van der Waals surface area contributed by atoms with Crippen molar-refractivity contribution in [2.45, 2.75) is 32.5 Å². The summed E-state index contributed by atoms with van der Waals surface area (Å²) in [5.41, 5.74) is -1.25. The third kappa shape index (κ3) is 4.31. The minimum absolute atomic E-state index is 0.117. The lowest BCUT2D eigenvalue weighted by atomic mass is 10.0. The molecule has 1 aromatic rings. The molecule has 106 valence electrons. The van der Waals surface area contributed by atoms with Crippen LogP contribution in [0.15, 0.2) is 18.2 Å². The number of ketones is 1. The van der Waals surface area contributed by atoms with Crippen LogP contribution in [0.4, 0.5) is 17.6 Å². The van der Waals surface area contributed by atoms with E-state index in [4.69, 9.17) is 4.74 Å². The molecule has 0 fully saturated rings. The van der Waals surface area contributed by atoms with Gasteiger partial charge in [0.25, 0.3) is 0 Å². The predicted octanol–water partition coefficient (Wildman–Crippen LogP) is 3.90. The quantitative estimate of drug-likeness (QED) is 0.763. The summed E-state index contributed by atoms with van der Waals surface area (Å²) in [4.78, 5) is 11.4. The molecule has 1 rings (SSSR count). The monoisotopic (exact) mass is 278 g/mol. The molecule has 2 nitrogen and oxygen atoms in total. The Labute approximate surface area is 108 Å². The van der Waals surface area contributed by atoms with Gasteiger partial charge < -0.3 is 4.74 Å². The van der Waals surface area contributed by atoms with Gasteiger partial charge >= 0.3 is 6.18 Å². The SMILES string of the molecule is CCCOC(C(C)=O)c1cc(F)cc(C(F)(F)F)c1. The Morgan fingerprint density at radius 1 is 1.32 bits per heavy atom. The number of hydrogen-bond acceptors (Lipinski definition) is 2. The molecule has 1 unspecified atom stereocenters. The largest absolute Gasteiger partial charge is 0.416 e. The van der Waals surface area contributed by atoms with E-state index in [2.05, 4.69) is 0 Å². The Kier molecular flexibility index (Phi) is 5.05. The highest BCUT2D eigenvalue weighted by Gasteiger charge is 2.32. The molecule has 0 spiro atoms. The molecule has 0 saturated heterocycles. The van der Waals surface area contributed by atoms with E-state index >= 15 is 0 Å². The molecule has 0 aliphatic rings. The Hall–Kier alpha value is -1.43. The van der Waals surface area contributed by atoms with Crippen LogP contribution in [0.1, 0.15) is 37.5 Å². The summed E-state index contributed by atoms with van der Waals surface area (Å²) < 4.78 is 56.1. The lowest BCUT2D eigenvalue weighted by molar-refractivity contribution is -0.138. The maximum atomic E-state index is 13.2. The number of hydrogen-bond donors (Lipinski definition) is 0. The molecule has 0 aliphatic carbocycles. The second-order valence-electron chi connectivity index (χ2n) is 4.13. The van der Waals surface area contributed by atoms with Gasteiger partial charge in [-0.2, -0.15) is 13.2 Å². The number of benzene rings is 1. The van der Waals surface area contributed by atoms with Crippen LogP contribution in [-0.4, -0.2) is 12.4 Å². The van der Waals surface area contributed by atoms with Crippen LogP contribution in [0.25, 0.3) is 0 Å². The molecule has 0 N–H and O–H groups in total. The zero-order valence-corrected chi connectivity index (χ0v) is 10.6. The van der Waals surface area contributed by atoms with Crippen molar-refractivity contribution in [3.8, 4) is 0 Å². The van der Waals surface area contributed by atoms with Gasteiger partial charge in [-0.1, -0.05) is 6.92 Å². The van der Waals surface area contributed by atoms with Crippen molar-refractivity contribution in [1.29, 1.82) is 0 Å². The summed E-state index contributed by atoms with van der Waals surface area (Å²) in [5, 5.41) is 0. The molecule has 0 amide bonds. The second kappa shape index (κ2) is 6.14. The van der Waals surface area contributed by atoms with Crippen molar-refractivity contribution < 1.29 is 27.1 Å². The third-order valence-corrected chi connectivity index (χ3v) is 2.41. The average Bonchev–Trinajstić information content (AvgIpc) is 2.27. The van der Waals surface area contributed by atoms with Crippen LogP contribution >= 0.6 is 0 Å². The van der Waals surface area contributed by atoms with Crippen molar-refractivity contribution in [3.05, 3.63) is 35.1 Å². The number of halogens is 4. The van der Waals surface area contributed by atoms with Crippen LogP contribution in [0.3, 0.4) is 0 Å². The van der Waals surface area contributed by atoms with Gasteiger partial charge in [0.2, 0.25) is 0 Å². The molecule has 1 aromatic carbocycles. The van der Waals surface area contributed by atoms with Crippen LogP contribution in [0, 0.1) is 5.82 Å². The van der Waals surface area contributed by atoms with E-state index in [-0.39, 0.29) is 12.2 Å². The van der Waals surface area contributed by atoms with Crippen LogP contribution in [0.5, 0.6) is 0 Å². The minimum atomic E-state index is -4.66. The predicted molar refractivity (Wildman–Crippen MR) is 61.1 cm³/mol. The molecule has 1 atom stereocenters. The third-order valence-electron chi connectivity index (χ3n) is 2.41. The van der Waals surface area contributed by atoms with E-state index < -0.39 is 29.4 Å². The molecular formula is C13H14F4O2. The van der Waals surface area contributed by atoms with E-state index in [9.17, 15) is 22.4 Å². The Morgan fingerprint density at radius 3 is 2.42 bits per heavy atom. The highest BCUT2D eigenvalue weighted by atomic mass is 19.4. The van der Waals surface area contributed by atoms with Crippen LogP contribution < -0.4 is 0 Å². The first-order chi connectivity index (χ1) is 8.75. The fourth-order valence-electron chi connectivity index (χ4n) is 1.61. The van der Waals surface area contributed by atoms with Gasteiger partial charge in [0, 0.05) is 6.61 Å². The van der Waals surface area contributed by atoms with Gasteiger partial charge in [0.05, 0.1) is 5.56 Å². The summed E-state index contributed by atoms with van der Waals surface area (Å²) in [5.74, 6) is -1.51. The van der Waals surface area contributed by atoms with Gasteiger partial charge in [0.1, 0.15) is 11.9 Å². The Bertz CT molecular complexity index is 454. The molecular weight excluding hydrogens is 264 g/mol. The fourth-order valence-corrected chi connectivity index (χ4v) is 1.61. The number of ether oxygens (including phenoxy) is 1. The van der Waals surface area contributed by atoms with E-state index in [1.807, 2.05) is 0 Å². The van der Waals surface area contributed by atoms with Gasteiger partial charge in [-0.15, -0.1) is 0 Å². The first-order valence-electron chi connectivity index (χ1n) is 5.75. The van der Waals surface area contributed by atoms with Gasteiger partial charge in [0.15, 0.2) is 5.78 Å².